The Bertz CT molecular complexity index is 951. The van der Waals surface area contributed by atoms with E-state index in [1.165, 1.54) is 32.1 Å². The van der Waals surface area contributed by atoms with Gasteiger partial charge in [-0.1, -0.05) is 30.9 Å². The van der Waals surface area contributed by atoms with Crippen molar-refractivity contribution in [3.63, 3.8) is 0 Å². The lowest BCUT2D eigenvalue weighted by Gasteiger charge is -2.25. The number of hydrogen-bond donors (Lipinski definition) is 1. The Balaban J connectivity index is 1.42. The summed E-state index contributed by atoms with van der Waals surface area (Å²) in [5.41, 5.74) is 2.67. The van der Waals surface area contributed by atoms with Gasteiger partial charge in [-0.25, -0.2) is 9.97 Å². The van der Waals surface area contributed by atoms with Crippen LogP contribution < -0.4 is 5.32 Å². The normalized spacial score (nSPS) is 15.0. The summed E-state index contributed by atoms with van der Waals surface area (Å²) in [7, 11) is 0. The number of nitrogens with zero attached hydrogens (tertiary/aromatic N) is 3. The molecular weight excluding hydrogens is 392 g/mol. The van der Waals surface area contributed by atoms with E-state index in [2.05, 4.69) is 14.9 Å². The number of pyridine rings is 1. The van der Waals surface area contributed by atoms with E-state index in [0.29, 0.717) is 22.6 Å². The van der Waals surface area contributed by atoms with Gasteiger partial charge < -0.3 is 9.88 Å². The van der Waals surface area contributed by atoms with Crippen molar-refractivity contribution in [3.8, 4) is 0 Å². The molecule has 7 heteroatoms. The average Bonchev–Trinajstić information content (AvgIpc) is 3.08. The van der Waals surface area contributed by atoms with E-state index in [9.17, 15) is 4.79 Å². The van der Waals surface area contributed by atoms with Gasteiger partial charge in [0.05, 0.1) is 11.5 Å². The fourth-order valence-corrected chi connectivity index (χ4v) is 4.64. The first kappa shape index (κ1) is 19.3. The van der Waals surface area contributed by atoms with Gasteiger partial charge in [-0.2, -0.15) is 0 Å². The fraction of sp³-hybridized carbons (Fsp3) is 0.381. The predicted octanol–water partition coefficient (Wildman–Crippen LogP) is 5.46. The van der Waals surface area contributed by atoms with Crippen molar-refractivity contribution in [2.75, 3.05) is 11.1 Å². The molecular formula is C21H23ClN4OS. The molecule has 0 radical (unpaired) electrons. The number of imidazole rings is 1. The largest absolute Gasteiger partial charge is 0.325 e. The second kappa shape index (κ2) is 8.97. The van der Waals surface area contributed by atoms with Crippen LogP contribution in [0.1, 0.15) is 44.0 Å². The molecule has 2 heterocycles. The van der Waals surface area contributed by atoms with E-state index in [0.717, 1.165) is 22.7 Å². The van der Waals surface area contributed by atoms with Crippen LogP contribution in [0.5, 0.6) is 0 Å². The number of carbonyl (C=O) groups excluding carboxylic acids is 1. The summed E-state index contributed by atoms with van der Waals surface area (Å²) in [4.78, 5) is 21.6. The highest BCUT2D eigenvalue weighted by Gasteiger charge is 2.22. The first-order chi connectivity index (χ1) is 13.7. The molecule has 0 spiro atoms. The van der Waals surface area contributed by atoms with Crippen LogP contribution in [0.15, 0.2) is 42.6 Å². The third kappa shape index (κ3) is 4.50. The Kier molecular flexibility index (Phi) is 6.17. The standard InChI is InChI=1S/C21H23ClN4OS/c22-15-8-10-16(11-9-15)24-20(27)14-28-13-19-25-18-7-4-12-23-21(18)26(19)17-5-2-1-3-6-17/h4,7-12,17H,1-3,5-6,13-14H2,(H,24,27). The SMILES string of the molecule is O=C(CSCc1nc2cccnc2n1C1CCCCC1)Nc1ccc(Cl)cc1. The summed E-state index contributed by atoms with van der Waals surface area (Å²) in [5.74, 6) is 2.07. The van der Waals surface area contributed by atoms with Crippen LogP contribution in [-0.4, -0.2) is 26.2 Å². The molecule has 1 aliphatic carbocycles. The molecule has 4 rings (SSSR count). The highest BCUT2D eigenvalue weighted by atomic mass is 35.5. The minimum atomic E-state index is -0.0224. The zero-order valence-electron chi connectivity index (χ0n) is 15.6. The lowest BCUT2D eigenvalue weighted by atomic mass is 9.95. The number of amides is 1. The van der Waals surface area contributed by atoms with Crippen LogP contribution >= 0.6 is 23.4 Å². The number of fused-ring (bicyclic) bond motifs is 1. The smallest absolute Gasteiger partial charge is 0.234 e. The number of carbonyl (C=O) groups is 1. The molecule has 28 heavy (non-hydrogen) atoms. The van der Waals surface area contributed by atoms with Gasteiger partial charge in [-0.15, -0.1) is 11.8 Å². The number of rotatable bonds is 6. The maximum absolute atomic E-state index is 12.2. The van der Waals surface area contributed by atoms with Crippen molar-refractivity contribution in [3.05, 3.63) is 53.4 Å². The van der Waals surface area contributed by atoms with Crippen LogP contribution in [0.2, 0.25) is 5.02 Å². The number of nitrogens with one attached hydrogen (secondary N) is 1. The van der Waals surface area contributed by atoms with E-state index >= 15 is 0 Å². The van der Waals surface area contributed by atoms with Crippen molar-refractivity contribution in [1.82, 2.24) is 14.5 Å². The molecule has 5 nitrogen and oxygen atoms in total. The average molecular weight is 415 g/mol. The number of thioether (sulfide) groups is 1. The molecule has 0 unspecified atom stereocenters. The van der Waals surface area contributed by atoms with Crippen molar-refractivity contribution in [2.24, 2.45) is 0 Å². The Morgan fingerprint density at radius 3 is 2.75 bits per heavy atom. The molecule has 1 saturated carbocycles. The second-order valence-corrected chi connectivity index (χ2v) is 8.51. The quantitative estimate of drug-likeness (QED) is 0.581. The summed E-state index contributed by atoms with van der Waals surface area (Å²) < 4.78 is 2.32. The van der Waals surface area contributed by atoms with E-state index in [-0.39, 0.29) is 5.91 Å². The van der Waals surface area contributed by atoms with Crippen molar-refractivity contribution >= 4 is 46.1 Å². The first-order valence-corrected chi connectivity index (χ1v) is 11.2. The molecule has 3 aromatic rings. The lowest BCUT2D eigenvalue weighted by Crippen LogP contribution is -2.17. The van der Waals surface area contributed by atoms with E-state index in [1.54, 1.807) is 36.0 Å². The van der Waals surface area contributed by atoms with Gasteiger partial charge in [0.1, 0.15) is 11.3 Å². The molecule has 1 amide bonds. The van der Waals surface area contributed by atoms with E-state index in [1.807, 2.05) is 18.3 Å². The number of anilines is 1. The summed E-state index contributed by atoms with van der Waals surface area (Å²) in [6.07, 6.45) is 8.01. The molecule has 1 aromatic carbocycles. The maximum atomic E-state index is 12.2. The maximum Gasteiger partial charge on any atom is 0.234 e. The molecule has 1 fully saturated rings. The minimum absolute atomic E-state index is 0.0224. The summed E-state index contributed by atoms with van der Waals surface area (Å²) >= 11 is 7.46. The van der Waals surface area contributed by atoms with Crippen molar-refractivity contribution in [1.29, 1.82) is 0 Å². The van der Waals surface area contributed by atoms with E-state index in [4.69, 9.17) is 16.6 Å². The molecule has 0 saturated heterocycles. The third-order valence-electron chi connectivity index (χ3n) is 5.05. The number of aromatic nitrogens is 3. The van der Waals surface area contributed by atoms with Crippen LogP contribution in [-0.2, 0) is 10.5 Å². The molecule has 1 aliphatic rings. The summed E-state index contributed by atoms with van der Waals surface area (Å²) in [6.45, 7) is 0. The molecule has 0 aliphatic heterocycles. The zero-order valence-corrected chi connectivity index (χ0v) is 17.2. The van der Waals surface area contributed by atoms with Crippen LogP contribution in [0, 0.1) is 0 Å². The Morgan fingerprint density at radius 2 is 1.96 bits per heavy atom. The molecule has 146 valence electrons. The van der Waals surface area contributed by atoms with Gasteiger partial charge in [0.2, 0.25) is 5.91 Å². The first-order valence-electron chi connectivity index (χ1n) is 9.66. The monoisotopic (exact) mass is 414 g/mol. The van der Waals surface area contributed by atoms with Crippen LogP contribution in [0.3, 0.4) is 0 Å². The fourth-order valence-electron chi connectivity index (χ4n) is 3.77. The number of benzene rings is 1. The highest BCUT2D eigenvalue weighted by molar-refractivity contribution is 7.99. The second-order valence-electron chi connectivity index (χ2n) is 7.08. The molecule has 0 atom stereocenters. The van der Waals surface area contributed by atoms with Crippen LogP contribution in [0.25, 0.3) is 11.2 Å². The van der Waals surface area contributed by atoms with Crippen molar-refractivity contribution < 1.29 is 4.79 Å². The van der Waals surface area contributed by atoms with Crippen LogP contribution in [0.4, 0.5) is 5.69 Å². The topological polar surface area (TPSA) is 59.8 Å². The number of hydrogen-bond acceptors (Lipinski definition) is 4. The van der Waals surface area contributed by atoms with Gasteiger partial charge in [0, 0.05) is 22.9 Å². The predicted molar refractivity (Wildman–Crippen MR) is 116 cm³/mol. The molecule has 1 N–H and O–H groups in total. The third-order valence-corrected chi connectivity index (χ3v) is 6.23. The van der Waals surface area contributed by atoms with Gasteiger partial charge in [0.15, 0.2) is 5.65 Å². The lowest BCUT2D eigenvalue weighted by molar-refractivity contribution is -0.113. The highest BCUT2D eigenvalue weighted by Crippen LogP contribution is 2.32. The van der Waals surface area contributed by atoms with Gasteiger partial charge in [0.25, 0.3) is 0 Å². The van der Waals surface area contributed by atoms with Gasteiger partial charge >= 0.3 is 0 Å². The molecule has 2 aromatic heterocycles. The molecule has 0 bridgehead atoms. The summed E-state index contributed by atoms with van der Waals surface area (Å²) in [6, 6.07) is 11.6. The Morgan fingerprint density at radius 1 is 1.18 bits per heavy atom. The number of halogens is 1. The Labute approximate surface area is 173 Å². The van der Waals surface area contributed by atoms with Gasteiger partial charge in [-0.05, 0) is 49.2 Å². The summed E-state index contributed by atoms with van der Waals surface area (Å²) in [5, 5.41) is 3.56. The van der Waals surface area contributed by atoms with Gasteiger partial charge in [-0.3, -0.25) is 4.79 Å². The zero-order chi connectivity index (χ0) is 19.3. The van der Waals surface area contributed by atoms with E-state index < -0.39 is 0 Å². The van der Waals surface area contributed by atoms with Crippen molar-refractivity contribution in [2.45, 2.75) is 43.9 Å². The Hall–Kier alpha value is -2.05. The minimum Gasteiger partial charge on any atom is -0.325 e.